The molecular weight excluding hydrogens is 622 g/mol. The molecule has 0 radical (unpaired) electrons. The predicted octanol–water partition coefficient (Wildman–Crippen LogP) is 0.0314. The molecule has 48 heavy (non-hydrogen) atoms. The molecule has 0 spiro atoms. The number of aliphatic imine (C=N–C) groups is 1. The van der Waals surface area contributed by atoms with Gasteiger partial charge < -0.3 is 41.3 Å². The highest BCUT2D eigenvalue weighted by Crippen LogP contribution is 2.39. The Morgan fingerprint density at radius 1 is 0.979 bits per heavy atom. The van der Waals surface area contributed by atoms with E-state index in [9.17, 15) is 19.5 Å². The van der Waals surface area contributed by atoms with Crippen molar-refractivity contribution in [3.8, 4) is 0 Å². The van der Waals surface area contributed by atoms with Gasteiger partial charge in [0.25, 0.3) is 11.5 Å². The van der Waals surface area contributed by atoms with Crippen LogP contribution in [0.5, 0.6) is 0 Å². The van der Waals surface area contributed by atoms with Gasteiger partial charge in [0.15, 0.2) is 0 Å². The number of carbonyl (C=O) groups is 2. The van der Waals surface area contributed by atoms with Crippen molar-refractivity contribution in [2.45, 2.75) is 50.8 Å². The van der Waals surface area contributed by atoms with Crippen LogP contribution in [-0.4, -0.2) is 102 Å². The molecule has 0 bridgehead atoms. The summed E-state index contributed by atoms with van der Waals surface area (Å²) in [5.74, 6) is -1.11. The number of hydrogen-bond donors (Lipinski definition) is 7. The van der Waals surface area contributed by atoms with Crippen molar-refractivity contribution in [2.75, 3.05) is 24.6 Å². The number of aryl methyl sites for hydroxylation is 2. The Kier molecular flexibility index (Phi) is 10.1. The average Bonchev–Trinajstić information content (AvgIpc) is 3.47. The number of anilines is 1. The molecule has 14 nitrogen and oxygen atoms in total. The number of aliphatic hydroxyl groups is 5. The minimum atomic E-state index is -1.59. The van der Waals surface area contributed by atoms with Crippen molar-refractivity contribution in [2.24, 2.45) is 10.7 Å². The van der Waals surface area contributed by atoms with Crippen LogP contribution in [-0.2, 0) is 11.2 Å². The number of nitrogens with zero attached hydrogens (tertiary/aromatic N) is 4. The van der Waals surface area contributed by atoms with Crippen molar-refractivity contribution in [1.29, 1.82) is 0 Å². The molecule has 3 heterocycles. The van der Waals surface area contributed by atoms with Gasteiger partial charge in [-0.25, -0.2) is 14.8 Å². The normalized spacial score (nSPS) is 17.8. The van der Waals surface area contributed by atoms with Crippen LogP contribution in [0.1, 0.15) is 44.6 Å². The van der Waals surface area contributed by atoms with Gasteiger partial charge >= 0.3 is 5.97 Å². The first-order chi connectivity index (χ1) is 22.9. The van der Waals surface area contributed by atoms with Crippen LogP contribution >= 0.6 is 0 Å². The molecule has 3 aromatic carbocycles. The summed E-state index contributed by atoms with van der Waals surface area (Å²) in [6.45, 7) is 3.26. The molecule has 1 aromatic heterocycles. The van der Waals surface area contributed by atoms with Crippen LogP contribution in [0.15, 0.2) is 70.5 Å². The number of rotatable bonds is 8. The van der Waals surface area contributed by atoms with Crippen LogP contribution < -0.4 is 16.2 Å². The largest absolute Gasteiger partial charge is 0.478 e. The molecule has 0 saturated carbocycles. The predicted molar refractivity (Wildman–Crippen MR) is 176 cm³/mol. The minimum absolute atomic E-state index is 0.0388. The van der Waals surface area contributed by atoms with E-state index in [2.05, 4.69) is 11.1 Å². The average molecular weight is 660 g/mol. The highest BCUT2D eigenvalue weighted by molar-refractivity contribution is 6.20. The molecule has 6 rings (SSSR count). The second-order valence-electron chi connectivity index (χ2n) is 11.7. The van der Waals surface area contributed by atoms with Crippen LogP contribution in [0.2, 0.25) is 0 Å². The zero-order chi connectivity index (χ0) is 34.9. The second-order valence-corrected chi connectivity index (χ2v) is 11.7. The molecule has 1 unspecified atom stereocenters. The maximum Gasteiger partial charge on any atom is 0.335 e. The first-order valence-electron chi connectivity index (χ1n) is 15.3. The smallest absolute Gasteiger partial charge is 0.335 e. The molecule has 2 aliphatic heterocycles. The number of aromatic carboxylic acids is 1. The van der Waals surface area contributed by atoms with E-state index in [0.29, 0.717) is 12.3 Å². The summed E-state index contributed by atoms with van der Waals surface area (Å²) in [7, 11) is 0. The van der Waals surface area contributed by atoms with Gasteiger partial charge in [0.1, 0.15) is 24.1 Å². The number of nitrogens with two attached hydrogens (primary N) is 1. The standard InChI is InChI=1S/C28H22N4O4.C6H15NO5/c1-15-12-18-10-11-31-24(18)21(13-15)23(17-6-4-3-5-7-17)30-25(27(31)34)32-16(2)29-22-14-19(28(35)36)8-9-20(22)26(32)33;7-1-3(9)5(11)6(12)4(10)2-8/h3-9,12-14,25H,10-11H2,1-2H3,(H,35,36);3-6,8-12H,1-2,7H2/t;3-,4+,5+,6+/m.0/s1. The third-order valence-corrected chi connectivity index (χ3v) is 8.38. The summed E-state index contributed by atoms with van der Waals surface area (Å²) in [5.41, 5.74) is 10.2. The van der Waals surface area contributed by atoms with Gasteiger partial charge in [-0.15, -0.1) is 0 Å². The van der Waals surface area contributed by atoms with Crippen LogP contribution in [0, 0.1) is 13.8 Å². The summed E-state index contributed by atoms with van der Waals surface area (Å²) in [6.07, 6.45) is -6.33. The lowest BCUT2D eigenvalue weighted by molar-refractivity contribution is -0.121. The summed E-state index contributed by atoms with van der Waals surface area (Å²) < 4.78 is 1.32. The SMILES string of the molecule is Cc1cc2c3c(c1)C(c1ccccc1)=NC(n1c(C)nc4cc(C(=O)O)ccc4c1=O)C(=O)N3CC2.NC[C@H](O)[C@@H](O)[C@H](O)[C@H](O)CO. The highest BCUT2D eigenvalue weighted by Gasteiger charge is 2.38. The summed E-state index contributed by atoms with van der Waals surface area (Å²) in [4.78, 5) is 50.3. The van der Waals surface area contributed by atoms with Gasteiger partial charge in [-0.05, 0) is 50.1 Å². The molecule has 14 heteroatoms. The highest BCUT2D eigenvalue weighted by atomic mass is 16.4. The maximum atomic E-state index is 14.0. The van der Waals surface area contributed by atoms with Crippen molar-refractivity contribution in [3.05, 3.63) is 105 Å². The van der Waals surface area contributed by atoms with Gasteiger partial charge in [-0.1, -0.05) is 42.0 Å². The number of hydrogen-bond acceptors (Lipinski definition) is 11. The van der Waals surface area contributed by atoms with E-state index < -0.39 is 48.7 Å². The van der Waals surface area contributed by atoms with Gasteiger partial charge in [0.05, 0.1) is 40.6 Å². The molecule has 0 fully saturated rings. The van der Waals surface area contributed by atoms with E-state index in [1.54, 1.807) is 11.8 Å². The lowest BCUT2D eigenvalue weighted by atomic mass is 9.96. The van der Waals surface area contributed by atoms with E-state index in [4.69, 9.17) is 36.3 Å². The third-order valence-electron chi connectivity index (χ3n) is 8.38. The molecule has 252 valence electrons. The molecule has 8 N–H and O–H groups in total. The monoisotopic (exact) mass is 659 g/mol. The quantitative estimate of drug-likeness (QED) is 0.133. The number of fused-ring (bicyclic) bond motifs is 1. The number of amides is 1. The number of carboxylic acid groups (broad SMARTS) is 1. The van der Waals surface area contributed by atoms with E-state index in [1.165, 1.54) is 22.8 Å². The van der Waals surface area contributed by atoms with Crippen molar-refractivity contribution in [3.63, 3.8) is 0 Å². The molecule has 2 aliphatic rings. The Labute approximate surface area is 274 Å². The fourth-order valence-electron chi connectivity index (χ4n) is 5.92. The Morgan fingerprint density at radius 2 is 1.67 bits per heavy atom. The molecule has 4 aromatic rings. The van der Waals surface area contributed by atoms with Crippen LogP contribution in [0.3, 0.4) is 0 Å². The molecule has 0 saturated heterocycles. The number of aromatic nitrogens is 2. The fourth-order valence-corrected chi connectivity index (χ4v) is 5.92. The Bertz CT molecular complexity index is 1930. The molecular formula is C34H37N5O9. The molecule has 5 atom stereocenters. The van der Waals surface area contributed by atoms with Gasteiger partial charge in [0, 0.05) is 24.2 Å². The first kappa shape index (κ1) is 34.5. The number of carboxylic acids is 1. The van der Waals surface area contributed by atoms with Gasteiger partial charge in [-0.3, -0.25) is 14.2 Å². The Balaban J connectivity index is 0.000000323. The Hall–Kier alpha value is -4.83. The van der Waals surface area contributed by atoms with Gasteiger partial charge in [-0.2, -0.15) is 0 Å². The van der Waals surface area contributed by atoms with E-state index in [1.807, 2.05) is 43.3 Å². The van der Waals surface area contributed by atoms with E-state index in [-0.39, 0.29) is 34.7 Å². The fraction of sp³-hybridized carbons (Fsp3) is 0.324. The van der Waals surface area contributed by atoms with E-state index in [0.717, 1.165) is 34.4 Å². The topological polar surface area (TPSA) is 232 Å². The zero-order valence-electron chi connectivity index (χ0n) is 26.3. The molecule has 1 amide bonds. The molecule has 0 aliphatic carbocycles. The number of aliphatic hydroxyl groups excluding tert-OH is 5. The third kappa shape index (κ3) is 6.49. The van der Waals surface area contributed by atoms with E-state index >= 15 is 0 Å². The van der Waals surface area contributed by atoms with Crippen molar-refractivity contribution in [1.82, 2.24) is 9.55 Å². The van der Waals surface area contributed by atoms with Crippen molar-refractivity contribution < 1.29 is 40.2 Å². The lowest BCUT2D eigenvalue weighted by Gasteiger charge is -2.24. The van der Waals surface area contributed by atoms with Gasteiger partial charge in [0.2, 0.25) is 6.17 Å². The maximum absolute atomic E-state index is 14.0. The number of carbonyl (C=O) groups excluding carboxylic acids is 1. The first-order valence-corrected chi connectivity index (χ1v) is 15.3. The second kappa shape index (κ2) is 14.1. The number of benzene rings is 3. The summed E-state index contributed by atoms with van der Waals surface area (Å²) in [6, 6.07) is 18.0. The summed E-state index contributed by atoms with van der Waals surface area (Å²) >= 11 is 0. The van der Waals surface area contributed by atoms with Crippen LogP contribution in [0.4, 0.5) is 5.69 Å². The minimum Gasteiger partial charge on any atom is -0.478 e. The lowest BCUT2D eigenvalue weighted by Crippen LogP contribution is -2.48. The zero-order valence-corrected chi connectivity index (χ0v) is 26.3. The summed E-state index contributed by atoms with van der Waals surface area (Å²) in [5, 5.41) is 53.7. The Morgan fingerprint density at radius 3 is 2.31 bits per heavy atom. The van der Waals surface area contributed by atoms with Crippen molar-refractivity contribution >= 4 is 34.2 Å². The van der Waals surface area contributed by atoms with Crippen LogP contribution in [0.25, 0.3) is 10.9 Å².